The molecule has 0 aliphatic heterocycles. The number of aryl methyl sites for hydroxylation is 1. The van der Waals surface area contributed by atoms with Crippen LogP contribution < -0.4 is 10.6 Å². The number of benzene rings is 2. The maximum absolute atomic E-state index is 8.94. The van der Waals surface area contributed by atoms with Crippen LogP contribution in [0.25, 0.3) is 0 Å². The van der Waals surface area contributed by atoms with Gasteiger partial charge in [-0.25, -0.2) is 0 Å². The van der Waals surface area contributed by atoms with Crippen LogP contribution in [0, 0.1) is 18.3 Å². The molecule has 0 unspecified atom stereocenters. The molecule has 2 aromatic carbocycles. The summed E-state index contributed by atoms with van der Waals surface area (Å²) in [4.78, 5) is 2.12. The summed E-state index contributed by atoms with van der Waals surface area (Å²) in [5.74, 6) is 0. The van der Waals surface area contributed by atoms with Crippen LogP contribution in [0.1, 0.15) is 16.7 Å². The normalized spacial score (nSPS) is 9.95. The third-order valence-corrected chi connectivity index (χ3v) is 3.23. The van der Waals surface area contributed by atoms with Crippen LogP contribution in [0.4, 0.5) is 11.4 Å². The molecule has 0 heterocycles. The van der Waals surface area contributed by atoms with Crippen molar-refractivity contribution >= 4 is 11.4 Å². The largest absolute Gasteiger partial charge is 0.398 e. The first-order valence-corrected chi connectivity index (χ1v) is 6.17. The quantitative estimate of drug-likeness (QED) is 0.853. The summed E-state index contributed by atoms with van der Waals surface area (Å²) in [5, 5.41) is 8.94. The molecule has 0 saturated carbocycles. The molecule has 0 aliphatic carbocycles. The lowest BCUT2D eigenvalue weighted by atomic mass is 10.1. The van der Waals surface area contributed by atoms with Gasteiger partial charge < -0.3 is 10.6 Å². The highest BCUT2D eigenvalue weighted by molar-refractivity contribution is 5.55. The van der Waals surface area contributed by atoms with Gasteiger partial charge in [0.2, 0.25) is 0 Å². The molecule has 0 bridgehead atoms. The van der Waals surface area contributed by atoms with E-state index < -0.39 is 0 Å². The van der Waals surface area contributed by atoms with Gasteiger partial charge in [0.1, 0.15) is 0 Å². The molecule has 0 radical (unpaired) electrons. The van der Waals surface area contributed by atoms with Crippen molar-refractivity contribution in [2.24, 2.45) is 0 Å². The van der Waals surface area contributed by atoms with Crippen molar-refractivity contribution in [3.8, 4) is 6.07 Å². The van der Waals surface area contributed by atoms with E-state index >= 15 is 0 Å². The second-order valence-corrected chi connectivity index (χ2v) is 4.67. The average molecular weight is 251 g/mol. The number of nitrogens with two attached hydrogens (primary N) is 1. The highest BCUT2D eigenvalue weighted by atomic mass is 15.1. The molecule has 0 saturated heterocycles. The van der Waals surface area contributed by atoms with E-state index in [1.165, 1.54) is 0 Å². The van der Waals surface area contributed by atoms with E-state index in [4.69, 9.17) is 11.0 Å². The lowest BCUT2D eigenvalue weighted by Crippen LogP contribution is -2.17. The highest BCUT2D eigenvalue weighted by Crippen LogP contribution is 2.21. The Hall–Kier alpha value is -2.47. The van der Waals surface area contributed by atoms with Crippen molar-refractivity contribution in [3.05, 3.63) is 59.2 Å². The zero-order valence-electron chi connectivity index (χ0n) is 11.2. The van der Waals surface area contributed by atoms with Crippen molar-refractivity contribution in [3.63, 3.8) is 0 Å². The molecule has 3 nitrogen and oxygen atoms in total. The van der Waals surface area contributed by atoms with E-state index in [9.17, 15) is 0 Å². The number of hydrogen-bond donors (Lipinski definition) is 1. The number of anilines is 2. The molecule has 2 rings (SSSR count). The fourth-order valence-corrected chi connectivity index (χ4v) is 2.04. The molecular weight excluding hydrogens is 234 g/mol. The zero-order valence-corrected chi connectivity index (χ0v) is 11.2. The minimum Gasteiger partial charge on any atom is -0.398 e. The van der Waals surface area contributed by atoms with Crippen LogP contribution in [0.15, 0.2) is 42.5 Å². The van der Waals surface area contributed by atoms with E-state index in [0.717, 1.165) is 34.6 Å². The maximum atomic E-state index is 8.94. The molecule has 96 valence electrons. The average Bonchev–Trinajstić information content (AvgIpc) is 2.41. The van der Waals surface area contributed by atoms with Crippen molar-refractivity contribution in [2.45, 2.75) is 13.5 Å². The number of hydrogen-bond acceptors (Lipinski definition) is 3. The summed E-state index contributed by atoms with van der Waals surface area (Å²) in [6, 6.07) is 15.9. The van der Waals surface area contributed by atoms with Crippen LogP contribution >= 0.6 is 0 Å². The van der Waals surface area contributed by atoms with Crippen LogP contribution in [0.3, 0.4) is 0 Å². The summed E-state index contributed by atoms with van der Waals surface area (Å²) in [6.45, 7) is 2.70. The topological polar surface area (TPSA) is 53.0 Å². The highest BCUT2D eigenvalue weighted by Gasteiger charge is 2.06. The first-order valence-electron chi connectivity index (χ1n) is 6.17. The van der Waals surface area contributed by atoms with Crippen molar-refractivity contribution in [1.82, 2.24) is 0 Å². The monoisotopic (exact) mass is 251 g/mol. The molecule has 2 aromatic rings. The standard InChI is InChI=1S/C16H17N3/c1-12-9-15(8-7-13(12)10-17)19(2)11-14-5-3-4-6-16(14)18/h3-9H,11,18H2,1-2H3. The summed E-state index contributed by atoms with van der Waals surface area (Å²) in [6.07, 6.45) is 0. The Morgan fingerprint density at radius 2 is 1.95 bits per heavy atom. The molecule has 0 amide bonds. The molecule has 2 N–H and O–H groups in total. The number of rotatable bonds is 3. The smallest absolute Gasteiger partial charge is 0.0994 e. The second-order valence-electron chi connectivity index (χ2n) is 4.67. The van der Waals surface area contributed by atoms with Crippen LogP contribution in [0.2, 0.25) is 0 Å². The molecule has 0 spiro atoms. The van der Waals surface area contributed by atoms with Gasteiger partial charge in [0.15, 0.2) is 0 Å². The third-order valence-electron chi connectivity index (χ3n) is 3.23. The molecular formula is C16H17N3. The molecule has 19 heavy (non-hydrogen) atoms. The van der Waals surface area contributed by atoms with Gasteiger partial charge in [0.05, 0.1) is 11.6 Å². The summed E-state index contributed by atoms with van der Waals surface area (Å²) in [5.41, 5.74) is 10.7. The van der Waals surface area contributed by atoms with E-state index in [2.05, 4.69) is 11.0 Å². The van der Waals surface area contributed by atoms with Crippen LogP contribution in [-0.4, -0.2) is 7.05 Å². The fourth-order valence-electron chi connectivity index (χ4n) is 2.04. The summed E-state index contributed by atoms with van der Waals surface area (Å²) >= 11 is 0. The van der Waals surface area contributed by atoms with Gasteiger partial charge in [-0.3, -0.25) is 0 Å². The Bertz CT molecular complexity index is 626. The minimum absolute atomic E-state index is 0.719. The Kier molecular flexibility index (Phi) is 3.72. The second kappa shape index (κ2) is 5.45. The predicted octanol–water partition coefficient (Wildman–Crippen LogP) is 3.09. The Morgan fingerprint density at radius 1 is 1.21 bits per heavy atom. The molecule has 0 fully saturated rings. The number of nitrogens with zero attached hydrogens (tertiary/aromatic N) is 2. The van der Waals surface area contributed by atoms with Crippen molar-refractivity contribution in [2.75, 3.05) is 17.7 Å². The van der Waals surface area contributed by atoms with Crippen LogP contribution in [-0.2, 0) is 6.54 Å². The van der Waals surface area contributed by atoms with Gasteiger partial charge in [-0.05, 0) is 42.3 Å². The van der Waals surface area contributed by atoms with Gasteiger partial charge in [0, 0.05) is 25.0 Å². The fraction of sp³-hybridized carbons (Fsp3) is 0.188. The van der Waals surface area contributed by atoms with E-state index in [1.54, 1.807) is 0 Å². The molecule has 3 heteroatoms. The summed E-state index contributed by atoms with van der Waals surface area (Å²) in [7, 11) is 2.02. The first-order chi connectivity index (χ1) is 9.11. The Labute approximate surface area is 113 Å². The lowest BCUT2D eigenvalue weighted by Gasteiger charge is -2.21. The van der Waals surface area contributed by atoms with E-state index in [0.29, 0.717) is 0 Å². The van der Waals surface area contributed by atoms with Gasteiger partial charge in [0.25, 0.3) is 0 Å². The number of para-hydroxylation sites is 1. The predicted molar refractivity (Wildman–Crippen MR) is 78.9 cm³/mol. The number of nitriles is 1. The van der Waals surface area contributed by atoms with E-state index in [1.807, 2.05) is 56.4 Å². The summed E-state index contributed by atoms with van der Waals surface area (Å²) < 4.78 is 0. The molecule has 0 aromatic heterocycles. The lowest BCUT2D eigenvalue weighted by molar-refractivity contribution is 0.924. The third kappa shape index (κ3) is 2.86. The molecule has 0 aliphatic rings. The van der Waals surface area contributed by atoms with Crippen molar-refractivity contribution in [1.29, 1.82) is 5.26 Å². The molecule has 0 atom stereocenters. The maximum Gasteiger partial charge on any atom is 0.0994 e. The van der Waals surface area contributed by atoms with Gasteiger partial charge in [-0.1, -0.05) is 18.2 Å². The zero-order chi connectivity index (χ0) is 13.8. The van der Waals surface area contributed by atoms with Gasteiger partial charge >= 0.3 is 0 Å². The van der Waals surface area contributed by atoms with Crippen LogP contribution in [0.5, 0.6) is 0 Å². The minimum atomic E-state index is 0.719. The first kappa shape index (κ1) is 13.0. The van der Waals surface area contributed by atoms with Gasteiger partial charge in [-0.2, -0.15) is 5.26 Å². The Morgan fingerprint density at radius 3 is 2.58 bits per heavy atom. The van der Waals surface area contributed by atoms with E-state index in [-0.39, 0.29) is 0 Å². The van der Waals surface area contributed by atoms with Crippen molar-refractivity contribution < 1.29 is 0 Å². The van der Waals surface area contributed by atoms with Gasteiger partial charge in [-0.15, -0.1) is 0 Å². The number of nitrogen functional groups attached to an aromatic ring is 1. The Balaban J connectivity index is 2.21. The SMILES string of the molecule is Cc1cc(N(C)Cc2ccccc2N)ccc1C#N.